The molecule has 30 heavy (non-hydrogen) atoms. The predicted octanol–water partition coefficient (Wildman–Crippen LogP) is 3.71. The second-order valence-corrected chi connectivity index (χ2v) is 7.33. The van der Waals surface area contributed by atoms with Gasteiger partial charge in [-0.25, -0.2) is 0 Å². The number of ketones is 1. The molecule has 4 rings (SSSR count). The Morgan fingerprint density at radius 1 is 1.27 bits per heavy atom. The number of Topliss-reactive ketones (excluding diaryl/α,β-unsaturated/α-hetero) is 1. The zero-order valence-electron chi connectivity index (χ0n) is 16.8. The molecule has 2 aliphatic heterocycles. The highest BCUT2D eigenvalue weighted by atomic mass is 16.6. The van der Waals surface area contributed by atoms with Gasteiger partial charge in [0, 0.05) is 50.1 Å². The molecule has 8 nitrogen and oxygen atoms in total. The molecule has 156 valence electrons. The van der Waals surface area contributed by atoms with Crippen molar-refractivity contribution in [2.24, 2.45) is 0 Å². The quantitative estimate of drug-likeness (QED) is 0.310. The number of fused-ring (bicyclic) bond motifs is 2. The summed E-state index contributed by atoms with van der Waals surface area (Å²) in [5.41, 5.74) is 2.93. The summed E-state index contributed by atoms with van der Waals surface area (Å²) in [4.78, 5) is 25.4. The van der Waals surface area contributed by atoms with E-state index in [1.807, 2.05) is 13.0 Å². The molecule has 0 radical (unpaired) electrons. The zero-order chi connectivity index (χ0) is 21.3. The lowest BCUT2D eigenvalue weighted by atomic mass is 10.00. The maximum Gasteiger partial charge on any atom is 0.269 e. The fourth-order valence-electron chi connectivity index (χ4n) is 3.72. The van der Waals surface area contributed by atoms with Crippen LogP contribution < -0.4 is 9.47 Å². The Labute approximate surface area is 173 Å². The van der Waals surface area contributed by atoms with Gasteiger partial charge in [-0.3, -0.25) is 19.8 Å². The Kier molecular flexibility index (Phi) is 5.52. The second-order valence-electron chi connectivity index (χ2n) is 7.33. The minimum atomic E-state index is -0.462. The first-order chi connectivity index (χ1) is 14.5. The van der Waals surface area contributed by atoms with Crippen LogP contribution in [0.2, 0.25) is 0 Å². The Bertz CT molecular complexity index is 1030. The van der Waals surface area contributed by atoms with Crippen molar-refractivity contribution in [3.05, 3.63) is 68.5 Å². The molecule has 0 amide bonds. The van der Waals surface area contributed by atoms with Crippen LogP contribution in [0.25, 0.3) is 6.08 Å². The van der Waals surface area contributed by atoms with Gasteiger partial charge in [-0.05, 0) is 43.2 Å². The van der Waals surface area contributed by atoms with Gasteiger partial charge in [0.1, 0.15) is 18.2 Å². The summed E-state index contributed by atoms with van der Waals surface area (Å²) in [5, 5.41) is 10.8. The van der Waals surface area contributed by atoms with Crippen molar-refractivity contribution in [1.29, 1.82) is 0 Å². The molecular formula is C22H22N2O6. The molecule has 0 atom stereocenters. The third-order valence-corrected chi connectivity index (χ3v) is 5.23. The van der Waals surface area contributed by atoms with Crippen molar-refractivity contribution in [1.82, 2.24) is 4.90 Å². The maximum absolute atomic E-state index is 12.9. The molecule has 0 aromatic heterocycles. The standard InChI is InChI=1S/C22H22N2O6/c1-14-21-16(12-23(13-29-21)8-3-9-28-2)11-18-20(25)19(30-22(14)18)10-15-4-6-17(7-5-15)24(26)27/h4-7,10-11H,3,8-9,12-13H2,1-2H3/b19-10-. The molecule has 0 spiro atoms. The minimum Gasteiger partial charge on any atom is -0.477 e. The van der Waals surface area contributed by atoms with Crippen LogP contribution in [0.3, 0.4) is 0 Å². The number of rotatable bonds is 6. The molecule has 0 saturated carbocycles. The highest BCUT2D eigenvalue weighted by Crippen LogP contribution is 2.43. The number of carbonyl (C=O) groups is 1. The number of allylic oxidation sites excluding steroid dienone is 1. The molecule has 2 aromatic carbocycles. The SMILES string of the molecule is COCCCN1COc2c(cc3c(c2C)O/C(=C\c2ccc([N+](=O)[O-])cc2)C3=O)C1. The van der Waals surface area contributed by atoms with E-state index in [1.165, 1.54) is 12.1 Å². The molecule has 0 N–H and O–H groups in total. The third-order valence-electron chi connectivity index (χ3n) is 5.23. The van der Waals surface area contributed by atoms with E-state index in [1.54, 1.807) is 25.3 Å². The predicted molar refractivity (Wildman–Crippen MR) is 110 cm³/mol. The number of non-ortho nitro benzene ring substituents is 1. The van der Waals surface area contributed by atoms with Crippen molar-refractivity contribution in [3.8, 4) is 11.5 Å². The van der Waals surface area contributed by atoms with Gasteiger partial charge >= 0.3 is 0 Å². The van der Waals surface area contributed by atoms with E-state index in [0.29, 0.717) is 36.8 Å². The van der Waals surface area contributed by atoms with Gasteiger partial charge < -0.3 is 14.2 Å². The van der Waals surface area contributed by atoms with Gasteiger partial charge in [0.2, 0.25) is 5.78 Å². The van der Waals surface area contributed by atoms with Crippen molar-refractivity contribution in [2.75, 3.05) is 27.0 Å². The van der Waals surface area contributed by atoms with Gasteiger partial charge in [-0.1, -0.05) is 0 Å². The Balaban J connectivity index is 1.58. The highest BCUT2D eigenvalue weighted by Gasteiger charge is 2.33. The van der Waals surface area contributed by atoms with Crippen LogP contribution in [-0.2, 0) is 11.3 Å². The fraction of sp³-hybridized carbons (Fsp3) is 0.318. The van der Waals surface area contributed by atoms with E-state index < -0.39 is 4.92 Å². The number of benzene rings is 2. The molecule has 8 heteroatoms. The average molecular weight is 410 g/mol. The van der Waals surface area contributed by atoms with Crippen LogP contribution in [0.4, 0.5) is 5.69 Å². The molecular weight excluding hydrogens is 388 g/mol. The largest absolute Gasteiger partial charge is 0.477 e. The van der Waals surface area contributed by atoms with Crippen LogP contribution in [0.15, 0.2) is 36.1 Å². The second kappa shape index (κ2) is 8.25. The van der Waals surface area contributed by atoms with E-state index in [2.05, 4.69) is 4.90 Å². The fourth-order valence-corrected chi connectivity index (χ4v) is 3.72. The Hall–Kier alpha value is -3.23. The Morgan fingerprint density at radius 3 is 2.73 bits per heavy atom. The van der Waals surface area contributed by atoms with Crippen molar-refractivity contribution in [2.45, 2.75) is 19.9 Å². The molecule has 0 aliphatic carbocycles. The normalized spacial score (nSPS) is 16.7. The molecule has 0 saturated heterocycles. The summed E-state index contributed by atoms with van der Waals surface area (Å²) in [6, 6.07) is 7.82. The smallest absolute Gasteiger partial charge is 0.269 e. The van der Waals surface area contributed by atoms with Crippen LogP contribution in [-0.4, -0.2) is 42.6 Å². The monoisotopic (exact) mass is 410 g/mol. The molecule has 0 fully saturated rings. The van der Waals surface area contributed by atoms with E-state index in [0.717, 1.165) is 29.8 Å². The van der Waals surface area contributed by atoms with Gasteiger partial charge in [0.15, 0.2) is 5.76 Å². The number of nitro groups is 1. The van der Waals surface area contributed by atoms with Gasteiger partial charge in [-0.15, -0.1) is 0 Å². The number of methoxy groups -OCH3 is 1. The molecule has 0 bridgehead atoms. The van der Waals surface area contributed by atoms with E-state index in [9.17, 15) is 14.9 Å². The highest BCUT2D eigenvalue weighted by molar-refractivity contribution is 6.15. The first kappa shape index (κ1) is 20.1. The van der Waals surface area contributed by atoms with Crippen LogP contribution in [0.5, 0.6) is 11.5 Å². The van der Waals surface area contributed by atoms with E-state index in [-0.39, 0.29) is 17.2 Å². The maximum atomic E-state index is 12.9. The third kappa shape index (κ3) is 3.79. The Morgan fingerprint density at radius 2 is 2.03 bits per heavy atom. The number of carbonyl (C=O) groups excluding carboxylic acids is 1. The lowest BCUT2D eigenvalue weighted by molar-refractivity contribution is -0.384. The lowest BCUT2D eigenvalue weighted by Crippen LogP contribution is -2.33. The number of ether oxygens (including phenoxy) is 3. The topological polar surface area (TPSA) is 91.1 Å². The number of nitrogens with zero attached hydrogens (tertiary/aromatic N) is 2. The number of hydrogen-bond donors (Lipinski definition) is 0. The molecule has 0 unspecified atom stereocenters. The van der Waals surface area contributed by atoms with Crippen LogP contribution in [0, 0.1) is 17.0 Å². The summed E-state index contributed by atoms with van der Waals surface area (Å²) in [6.45, 7) is 4.60. The number of hydrogen-bond acceptors (Lipinski definition) is 7. The summed E-state index contributed by atoms with van der Waals surface area (Å²) >= 11 is 0. The van der Waals surface area contributed by atoms with Gasteiger partial charge in [-0.2, -0.15) is 0 Å². The van der Waals surface area contributed by atoms with Crippen molar-refractivity contribution >= 4 is 17.5 Å². The zero-order valence-corrected chi connectivity index (χ0v) is 16.8. The number of nitro benzene ring substituents is 1. The molecule has 2 aliphatic rings. The first-order valence-electron chi connectivity index (χ1n) is 9.67. The van der Waals surface area contributed by atoms with Crippen LogP contribution in [0.1, 0.15) is 33.5 Å². The minimum absolute atomic E-state index is 0.00479. The lowest BCUT2D eigenvalue weighted by Gasteiger charge is -2.30. The van der Waals surface area contributed by atoms with Crippen LogP contribution >= 0.6 is 0 Å². The molecule has 2 heterocycles. The van der Waals surface area contributed by atoms with E-state index in [4.69, 9.17) is 14.2 Å². The van der Waals surface area contributed by atoms with E-state index >= 15 is 0 Å². The van der Waals surface area contributed by atoms with Crippen molar-refractivity contribution < 1.29 is 23.9 Å². The summed E-state index contributed by atoms with van der Waals surface area (Å²) < 4.78 is 16.9. The summed E-state index contributed by atoms with van der Waals surface area (Å²) in [6.07, 6.45) is 2.51. The molecule has 2 aromatic rings. The average Bonchev–Trinajstić information content (AvgIpc) is 3.04. The first-order valence-corrected chi connectivity index (χ1v) is 9.67. The summed E-state index contributed by atoms with van der Waals surface area (Å²) in [5.74, 6) is 1.27. The summed E-state index contributed by atoms with van der Waals surface area (Å²) in [7, 11) is 1.68. The van der Waals surface area contributed by atoms with Crippen molar-refractivity contribution in [3.63, 3.8) is 0 Å². The van der Waals surface area contributed by atoms with Gasteiger partial charge in [0.25, 0.3) is 5.69 Å². The van der Waals surface area contributed by atoms with Gasteiger partial charge in [0.05, 0.1) is 10.5 Å².